The Morgan fingerprint density at radius 3 is 2.76 bits per heavy atom. The number of carbonyl (C=O) groups is 1. The van der Waals surface area contributed by atoms with Crippen molar-refractivity contribution in [2.45, 2.75) is 6.92 Å². The number of nitrogens with one attached hydrogen (secondary N) is 1. The molecule has 0 radical (unpaired) electrons. The highest BCUT2D eigenvalue weighted by Gasteiger charge is 2.11. The number of hydrogen-bond donors (Lipinski definition) is 1. The van der Waals surface area contributed by atoms with Gasteiger partial charge in [0.25, 0.3) is 11.6 Å². The average Bonchev–Trinajstić information content (AvgIpc) is 2.91. The van der Waals surface area contributed by atoms with Crippen LogP contribution in [0, 0.1) is 10.1 Å². The lowest BCUT2D eigenvalue weighted by molar-refractivity contribution is -0.384. The number of nitrogens with zero attached hydrogens (tertiary/aromatic N) is 2. The van der Waals surface area contributed by atoms with Crippen molar-refractivity contribution in [3.8, 4) is 0 Å². The second-order valence-electron chi connectivity index (χ2n) is 4.05. The van der Waals surface area contributed by atoms with Gasteiger partial charge in [0.1, 0.15) is 0 Å². The number of carbonyl (C=O) groups excluding carboxylic acids is 1. The summed E-state index contributed by atoms with van der Waals surface area (Å²) in [7, 11) is 0. The lowest BCUT2D eigenvalue weighted by Crippen LogP contribution is -2.19. The zero-order valence-corrected chi connectivity index (χ0v) is 12.4. The van der Waals surface area contributed by atoms with Gasteiger partial charge in [-0.3, -0.25) is 14.9 Å². The van der Waals surface area contributed by atoms with Crippen LogP contribution in [-0.2, 0) is 0 Å². The number of hydrazone groups is 1. The highest BCUT2D eigenvalue weighted by molar-refractivity contribution is 7.18. The number of nitro groups is 1. The van der Waals surface area contributed by atoms with Gasteiger partial charge in [0.2, 0.25) is 0 Å². The van der Waals surface area contributed by atoms with E-state index in [-0.39, 0.29) is 11.3 Å². The van der Waals surface area contributed by atoms with Gasteiger partial charge in [-0.05, 0) is 25.1 Å². The average molecular weight is 324 g/mol. The van der Waals surface area contributed by atoms with Crippen molar-refractivity contribution in [3.63, 3.8) is 0 Å². The third-order valence-electron chi connectivity index (χ3n) is 2.57. The van der Waals surface area contributed by atoms with Gasteiger partial charge in [0, 0.05) is 17.7 Å². The normalized spacial score (nSPS) is 11.2. The molecule has 0 atom stereocenters. The first kappa shape index (κ1) is 15.1. The molecule has 0 unspecified atom stereocenters. The quantitative estimate of drug-likeness (QED) is 0.531. The van der Waals surface area contributed by atoms with Crippen LogP contribution in [0.15, 0.2) is 41.5 Å². The number of nitro benzene ring substituents is 1. The summed E-state index contributed by atoms with van der Waals surface area (Å²) in [5.74, 6) is -0.513. The van der Waals surface area contributed by atoms with E-state index in [4.69, 9.17) is 11.6 Å². The minimum atomic E-state index is -0.557. The molecular formula is C13H10ClN3O3S. The molecule has 2 aromatic rings. The third-order valence-corrected chi connectivity index (χ3v) is 3.91. The zero-order chi connectivity index (χ0) is 15.4. The Hall–Kier alpha value is -2.25. The summed E-state index contributed by atoms with van der Waals surface area (Å²) in [6.45, 7) is 1.73. The molecule has 108 valence electrons. The maximum atomic E-state index is 11.9. The van der Waals surface area contributed by atoms with Crippen molar-refractivity contribution in [2.24, 2.45) is 5.10 Å². The predicted molar refractivity (Wildman–Crippen MR) is 82.1 cm³/mol. The first-order chi connectivity index (χ1) is 9.97. The number of amides is 1. The van der Waals surface area contributed by atoms with Crippen LogP contribution in [0.5, 0.6) is 0 Å². The molecule has 0 spiro atoms. The molecule has 2 rings (SSSR count). The van der Waals surface area contributed by atoms with Crippen molar-refractivity contribution in [3.05, 3.63) is 61.3 Å². The predicted octanol–water partition coefficient (Wildman–Crippen LogP) is 3.46. The van der Waals surface area contributed by atoms with Crippen LogP contribution >= 0.6 is 22.9 Å². The SMILES string of the molecule is CC(=NNC(=O)c1cccc([N+](=O)[O-])c1)c1ccc(Cl)s1. The first-order valence-electron chi connectivity index (χ1n) is 5.82. The molecule has 1 aromatic carbocycles. The van der Waals surface area contributed by atoms with E-state index in [9.17, 15) is 14.9 Å². The Labute approximate surface area is 129 Å². The van der Waals surface area contributed by atoms with E-state index in [1.165, 1.54) is 35.6 Å². The number of non-ortho nitro benzene ring substituents is 1. The molecule has 0 aliphatic rings. The van der Waals surface area contributed by atoms with Crippen molar-refractivity contribution in [1.29, 1.82) is 0 Å². The maximum Gasteiger partial charge on any atom is 0.271 e. The molecule has 0 saturated carbocycles. The number of halogens is 1. The minimum absolute atomic E-state index is 0.145. The minimum Gasteiger partial charge on any atom is -0.267 e. The Kier molecular flexibility index (Phi) is 4.66. The van der Waals surface area contributed by atoms with Crippen molar-refractivity contribution in [1.82, 2.24) is 5.43 Å². The highest BCUT2D eigenvalue weighted by atomic mass is 35.5. The molecule has 1 aromatic heterocycles. The molecule has 1 heterocycles. The molecule has 21 heavy (non-hydrogen) atoms. The Bertz CT molecular complexity index is 727. The van der Waals surface area contributed by atoms with E-state index < -0.39 is 10.8 Å². The van der Waals surface area contributed by atoms with Crippen LogP contribution in [0.2, 0.25) is 4.34 Å². The summed E-state index contributed by atoms with van der Waals surface area (Å²) in [6, 6.07) is 8.98. The molecule has 0 bridgehead atoms. The Morgan fingerprint density at radius 2 is 2.14 bits per heavy atom. The summed E-state index contributed by atoms with van der Waals surface area (Å²) in [6.07, 6.45) is 0. The van der Waals surface area contributed by atoms with E-state index in [2.05, 4.69) is 10.5 Å². The summed E-state index contributed by atoms with van der Waals surface area (Å²) >= 11 is 7.17. The van der Waals surface area contributed by atoms with E-state index in [0.29, 0.717) is 10.0 Å². The Morgan fingerprint density at radius 1 is 1.38 bits per heavy atom. The van der Waals surface area contributed by atoms with Crippen molar-refractivity contribution >= 4 is 40.2 Å². The topological polar surface area (TPSA) is 84.6 Å². The van der Waals surface area contributed by atoms with E-state index in [1.807, 2.05) is 0 Å². The van der Waals surface area contributed by atoms with Crippen LogP contribution in [-0.4, -0.2) is 16.5 Å². The summed E-state index contributed by atoms with van der Waals surface area (Å²) in [5, 5.41) is 14.6. The van der Waals surface area contributed by atoms with Gasteiger partial charge < -0.3 is 0 Å². The van der Waals surface area contributed by atoms with Gasteiger partial charge in [0.05, 0.1) is 19.8 Å². The van der Waals surface area contributed by atoms with Gasteiger partial charge in [-0.1, -0.05) is 17.7 Å². The monoisotopic (exact) mass is 323 g/mol. The summed E-state index contributed by atoms with van der Waals surface area (Å²) < 4.78 is 0.629. The fraction of sp³-hybridized carbons (Fsp3) is 0.0769. The lowest BCUT2D eigenvalue weighted by Gasteiger charge is -2.01. The van der Waals surface area contributed by atoms with Crippen LogP contribution in [0.1, 0.15) is 22.2 Å². The Balaban J connectivity index is 2.11. The fourth-order valence-corrected chi connectivity index (χ4v) is 2.51. The molecule has 0 saturated heterocycles. The molecule has 8 heteroatoms. The molecule has 0 fully saturated rings. The zero-order valence-electron chi connectivity index (χ0n) is 10.9. The largest absolute Gasteiger partial charge is 0.271 e. The number of benzene rings is 1. The second-order valence-corrected chi connectivity index (χ2v) is 5.76. The van der Waals surface area contributed by atoms with Crippen LogP contribution in [0.25, 0.3) is 0 Å². The summed E-state index contributed by atoms with van der Waals surface area (Å²) in [4.78, 5) is 22.8. The molecule has 6 nitrogen and oxygen atoms in total. The highest BCUT2D eigenvalue weighted by Crippen LogP contribution is 2.21. The lowest BCUT2D eigenvalue weighted by atomic mass is 10.2. The first-order valence-corrected chi connectivity index (χ1v) is 7.01. The van der Waals surface area contributed by atoms with E-state index in [1.54, 1.807) is 19.1 Å². The molecule has 0 aliphatic carbocycles. The molecular weight excluding hydrogens is 314 g/mol. The van der Waals surface area contributed by atoms with Crippen molar-refractivity contribution in [2.75, 3.05) is 0 Å². The van der Waals surface area contributed by atoms with Gasteiger partial charge in [-0.25, -0.2) is 5.43 Å². The molecule has 1 N–H and O–H groups in total. The smallest absolute Gasteiger partial charge is 0.267 e. The van der Waals surface area contributed by atoms with Gasteiger partial charge in [-0.2, -0.15) is 5.10 Å². The summed E-state index contributed by atoms with van der Waals surface area (Å²) in [5.41, 5.74) is 2.99. The van der Waals surface area contributed by atoms with Crippen molar-refractivity contribution < 1.29 is 9.72 Å². The van der Waals surface area contributed by atoms with E-state index >= 15 is 0 Å². The van der Waals surface area contributed by atoms with E-state index in [0.717, 1.165) is 4.88 Å². The van der Waals surface area contributed by atoms with Crippen LogP contribution < -0.4 is 5.43 Å². The standard InChI is InChI=1S/C13H10ClN3O3S/c1-8(11-5-6-12(14)21-11)15-16-13(18)9-3-2-4-10(7-9)17(19)20/h2-7H,1H3,(H,16,18). The molecule has 1 amide bonds. The number of thiophene rings is 1. The third kappa shape index (κ3) is 3.87. The van der Waals surface area contributed by atoms with Gasteiger partial charge in [0.15, 0.2) is 0 Å². The van der Waals surface area contributed by atoms with Crippen LogP contribution in [0.3, 0.4) is 0 Å². The maximum absolute atomic E-state index is 11.9. The number of hydrogen-bond acceptors (Lipinski definition) is 5. The van der Waals surface area contributed by atoms with Crippen LogP contribution in [0.4, 0.5) is 5.69 Å². The molecule has 0 aliphatic heterocycles. The fourth-order valence-electron chi connectivity index (χ4n) is 1.52. The number of rotatable bonds is 4. The van der Waals surface area contributed by atoms with Gasteiger partial charge >= 0.3 is 0 Å². The van der Waals surface area contributed by atoms with Gasteiger partial charge in [-0.15, -0.1) is 11.3 Å². The second kappa shape index (κ2) is 6.47.